The number of benzene rings is 1. The van der Waals surface area contributed by atoms with Crippen LogP contribution < -0.4 is 10.5 Å². The third-order valence-electron chi connectivity index (χ3n) is 2.39. The summed E-state index contributed by atoms with van der Waals surface area (Å²) in [6.07, 6.45) is 2.79. The average molecular weight is 243 g/mol. The molecule has 0 unspecified atom stereocenters. The standard InChI is InChI=1S/C14H13NO3/c1-17-12-4-2-3-10(9-12)13-7-5-11(18-13)6-8-14(15)16/h2-9H,1H3,(H2,15,16)/b8-6-. The molecule has 0 radical (unpaired) electrons. The van der Waals surface area contributed by atoms with Crippen LogP contribution in [0.3, 0.4) is 0 Å². The number of ether oxygens (including phenoxy) is 1. The van der Waals surface area contributed by atoms with E-state index in [4.69, 9.17) is 14.9 Å². The Morgan fingerprint density at radius 3 is 2.89 bits per heavy atom. The second-order valence-electron chi connectivity index (χ2n) is 3.67. The number of carbonyl (C=O) groups is 1. The summed E-state index contributed by atoms with van der Waals surface area (Å²) in [4.78, 5) is 10.6. The van der Waals surface area contributed by atoms with E-state index in [-0.39, 0.29) is 0 Å². The molecule has 18 heavy (non-hydrogen) atoms. The van der Waals surface area contributed by atoms with Gasteiger partial charge in [0.1, 0.15) is 17.3 Å². The molecule has 0 aliphatic rings. The highest BCUT2D eigenvalue weighted by molar-refractivity contribution is 5.89. The minimum Gasteiger partial charge on any atom is -0.497 e. The Morgan fingerprint density at radius 1 is 1.33 bits per heavy atom. The average Bonchev–Trinajstić information content (AvgIpc) is 2.85. The molecule has 0 fully saturated rings. The van der Waals surface area contributed by atoms with Crippen LogP contribution in [0.25, 0.3) is 17.4 Å². The third kappa shape index (κ3) is 2.79. The molecule has 0 saturated heterocycles. The number of carbonyl (C=O) groups excluding carboxylic acids is 1. The highest BCUT2D eigenvalue weighted by atomic mass is 16.5. The lowest BCUT2D eigenvalue weighted by molar-refractivity contribution is -0.113. The zero-order valence-electron chi connectivity index (χ0n) is 9.92. The van der Waals surface area contributed by atoms with Crippen LogP contribution in [0.1, 0.15) is 5.76 Å². The van der Waals surface area contributed by atoms with Gasteiger partial charge in [-0.3, -0.25) is 4.79 Å². The number of amides is 1. The maximum absolute atomic E-state index is 10.6. The first-order chi connectivity index (χ1) is 8.69. The fourth-order valence-corrected chi connectivity index (χ4v) is 1.54. The van der Waals surface area contributed by atoms with Crippen molar-refractivity contribution in [3.8, 4) is 17.1 Å². The van der Waals surface area contributed by atoms with E-state index < -0.39 is 5.91 Å². The van der Waals surface area contributed by atoms with Gasteiger partial charge in [-0.05, 0) is 30.3 Å². The molecule has 0 aliphatic heterocycles. The van der Waals surface area contributed by atoms with Gasteiger partial charge < -0.3 is 14.9 Å². The first kappa shape index (κ1) is 12.0. The summed E-state index contributed by atoms with van der Waals surface area (Å²) in [7, 11) is 1.61. The van der Waals surface area contributed by atoms with Crippen LogP contribution in [-0.2, 0) is 4.79 Å². The van der Waals surface area contributed by atoms with Crippen molar-refractivity contribution in [3.63, 3.8) is 0 Å². The molecule has 4 heteroatoms. The summed E-state index contributed by atoms with van der Waals surface area (Å²) < 4.78 is 10.7. The number of nitrogens with two attached hydrogens (primary N) is 1. The number of methoxy groups -OCH3 is 1. The SMILES string of the molecule is COc1cccc(-c2ccc(/C=C\C(N)=O)o2)c1. The largest absolute Gasteiger partial charge is 0.497 e. The maximum Gasteiger partial charge on any atom is 0.241 e. The Morgan fingerprint density at radius 2 is 2.17 bits per heavy atom. The summed E-state index contributed by atoms with van der Waals surface area (Å²) in [5.74, 6) is 1.54. The van der Waals surface area contributed by atoms with Gasteiger partial charge in [-0.2, -0.15) is 0 Å². The van der Waals surface area contributed by atoms with E-state index in [1.165, 1.54) is 12.2 Å². The fourth-order valence-electron chi connectivity index (χ4n) is 1.54. The van der Waals surface area contributed by atoms with E-state index in [1.54, 1.807) is 13.2 Å². The molecular weight excluding hydrogens is 230 g/mol. The first-order valence-corrected chi connectivity index (χ1v) is 5.41. The lowest BCUT2D eigenvalue weighted by atomic mass is 10.2. The minimum absolute atomic E-state index is 0.505. The predicted molar refractivity (Wildman–Crippen MR) is 68.9 cm³/mol. The maximum atomic E-state index is 10.6. The van der Waals surface area contributed by atoms with Crippen molar-refractivity contribution in [1.82, 2.24) is 0 Å². The summed E-state index contributed by atoms with van der Waals surface area (Å²) >= 11 is 0. The second-order valence-corrected chi connectivity index (χ2v) is 3.67. The summed E-state index contributed by atoms with van der Waals surface area (Å²) in [6.45, 7) is 0. The summed E-state index contributed by atoms with van der Waals surface area (Å²) in [5, 5.41) is 0. The van der Waals surface area contributed by atoms with Crippen LogP contribution in [-0.4, -0.2) is 13.0 Å². The zero-order valence-corrected chi connectivity index (χ0v) is 9.92. The van der Waals surface area contributed by atoms with Crippen LogP contribution in [0, 0.1) is 0 Å². The van der Waals surface area contributed by atoms with Gasteiger partial charge in [0.25, 0.3) is 0 Å². The molecule has 0 spiro atoms. The van der Waals surface area contributed by atoms with E-state index in [0.29, 0.717) is 11.5 Å². The fraction of sp³-hybridized carbons (Fsp3) is 0.0714. The van der Waals surface area contributed by atoms with Crippen molar-refractivity contribution in [2.24, 2.45) is 5.73 Å². The van der Waals surface area contributed by atoms with Gasteiger partial charge in [0.05, 0.1) is 7.11 Å². The summed E-state index contributed by atoms with van der Waals surface area (Å²) in [5.41, 5.74) is 5.92. The lowest BCUT2D eigenvalue weighted by Crippen LogP contribution is -2.04. The Kier molecular flexibility index (Phi) is 3.48. The molecule has 1 aromatic carbocycles. The number of hydrogen-bond acceptors (Lipinski definition) is 3. The highest BCUT2D eigenvalue weighted by Crippen LogP contribution is 2.25. The van der Waals surface area contributed by atoms with Crippen LogP contribution in [0.5, 0.6) is 5.75 Å². The molecule has 0 atom stereocenters. The molecule has 92 valence electrons. The van der Waals surface area contributed by atoms with Crippen molar-refractivity contribution >= 4 is 12.0 Å². The lowest BCUT2D eigenvalue weighted by Gasteiger charge is -2.01. The molecule has 1 amide bonds. The normalized spacial score (nSPS) is 10.7. The van der Waals surface area contributed by atoms with Crippen molar-refractivity contribution in [2.45, 2.75) is 0 Å². The van der Waals surface area contributed by atoms with Gasteiger partial charge in [-0.1, -0.05) is 12.1 Å². The Hall–Kier alpha value is -2.49. The molecule has 1 heterocycles. The van der Waals surface area contributed by atoms with Gasteiger partial charge in [0, 0.05) is 11.6 Å². The zero-order chi connectivity index (χ0) is 13.0. The van der Waals surface area contributed by atoms with E-state index in [0.717, 1.165) is 11.3 Å². The Labute approximate surface area is 105 Å². The minimum atomic E-state index is -0.505. The van der Waals surface area contributed by atoms with E-state index >= 15 is 0 Å². The van der Waals surface area contributed by atoms with Crippen molar-refractivity contribution in [1.29, 1.82) is 0 Å². The number of furan rings is 1. The van der Waals surface area contributed by atoms with Crippen LogP contribution >= 0.6 is 0 Å². The van der Waals surface area contributed by atoms with Gasteiger partial charge in [0.15, 0.2) is 0 Å². The van der Waals surface area contributed by atoms with Gasteiger partial charge in [0.2, 0.25) is 5.91 Å². The third-order valence-corrected chi connectivity index (χ3v) is 2.39. The molecular formula is C14H13NO3. The van der Waals surface area contributed by atoms with Crippen molar-refractivity contribution in [3.05, 3.63) is 48.2 Å². The second kappa shape index (κ2) is 5.23. The molecule has 2 aromatic rings. The molecule has 0 aliphatic carbocycles. The van der Waals surface area contributed by atoms with Crippen molar-refractivity contribution in [2.75, 3.05) is 7.11 Å². The molecule has 2 N–H and O–H groups in total. The highest BCUT2D eigenvalue weighted by Gasteiger charge is 2.04. The molecule has 0 saturated carbocycles. The van der Waals surface area contributed by atoms with Gasteiger partial charge in [-0.15, -0.1) is 0 Å². The predicted octanol–water partition coefficient (Wildman–Crippen LogP) is 2.45. The Balaban J connectivity index is 2.26. The number of primary amides is 1. The first-order valence-electron chi connectivity index (χ1n) is 5.41. The summed E-state index contributed by atoms with van der Waals surface area (Å²) in [6, 6.07) is 11.1. The van der Waals surface area contributed by atoms with E-state index in [9.17, 15) is 4.79 Å². The van der Waals surface area contributed by atoms with Crippen LogP contribution in [0.15, 0.2) is 46.9 Å². The molecule has 0 bridgehead atoms. The number of rotatable bonds is 4. The smallest absolute Gasteiger partial charge is 0.241 e. The van der Waals surface area contributed by atoms with Crippen molar-refractivity contribution < 1.29 is 13.9 Å². The monoisotopic (exact) mass is 243 g/mol. The van der Waals surface area contributed by atoms with Gasteiger partial charge >= 0.3 is 0 Å². The van der Waals surface area contributed by atoms with Crippen LogP contribution in [0.2, 0.25) is 0 Å². The molecule has 4 nitrogen and oxygen atoms in total. The van der Waals surface area contributed by atoms with E-state index in [2.05, 4.69) is 0 Å². The van der Waals surface area contributed by atoms with Crippen LogP contribution in [0.4, 0.5) is 0 Å². The topological polar surface area (TPSA) is 65.5 Å². The molecule has 1 aromatic heterocycles. The van der Waals surface area contributed by atoms with E-state index in [1.807, 2.05) is 30.3 Å². The molecule has 2 rings (SSSR count). The quantitative estimate of drug-likeness (QED) is 0.839. The van der Waals surface area contributed by atoms with Gasteiger partial charge in [-0.25, -0.2) is 0 Å². The number of hydrogen-bond donors (Lipinski definition) is 1. The Bertz CT molecular complexity index is 584.